The van der Waals surface area contributed by atoms with Gasteiger partial charge in [0.05, 0.1) is 24.5 Å². The van der Waals surface area contributed by atoms with Crippen LogP contribution in [0.5, 0.6) is 5.75 Å². The summed E-state index contributed by atoms with van der Waals surface area (Å²) >= 11 is 1.79. The number of aryl methyl sites for hydroxylation is 1. The molecule has 31 heavy (non-hydrogen) atoms. The van der Waals surface area contributed by atoms with Crippen LogP contribution in [0.3, 0.4) is 0 Å². The van der Waals surface area contributed by atoms with Crippen LogP contribution in [-0.4, -0.2) is 12.9 Å². The number of nitrogens with one attached hydrogen (secondary N) is 2. The minimum Gasteiger partial charge on any atom is -0.497 e. The Labute approximate surface area is 187 Å². The van der Waals surface area contributed by atoms with E-state index in [9.17, 15) is 4.79 Å². The summed E-state index contributed by atoms with van der Waals surface area (Å²) in [4.78, 5) is 16.1. The third-order valence-corrected chi connectivity index (χ3v) is 7.51. The molecule has 0 unspecified atom stereocenters. The number of carbonyl (C=O) groups excluding carboxylic acids is 1. The minimum atomic E-state index is -0.124. The fraction of sp³-hybridized carbons (Fsp3) is 0.269. The monoisotopic (exact) mass is 430 g/mol. The van der Waals surface area contributed by atoms with Crippen molar-refractivity contribution >= 4 is 28.5 Å². The first-order valence-electron chi connectivity index (χ1n) is 10.8. The summed E-state index contributed by atoms with van der Waals surface area (Å²) in [6, 6.07) is 20.5. The molecule has 0 bridgehead atoms. The number of methoxy groups -OCH3 is 1. The summed E-state index contributed by atoms with van der Waals surface area (Å²) in [5.41, 5.74) is 5.14. The van der Waals surface area contributed by atoms with Gasteiger partial charge in [-0.1, -0.05) is 31.2 Å². The molecule has 0 amide bonds. The van der Waals surface area contributed by atoms with E-state index in [0.29, 0.717) is 6.42 Å². The second-order valence-electron chi connectivity index (χ2n) is 8.10. The van der Waals surface area contributed by atoms with Crippen LogP contribution >= 0.6 is 11.3 Å². The van der Waals surface area contributed by atoms with E-state index in [1.165, 1.54) is 15.3 Å². The van der Waals surface area contributed by atoms with Crippen LogP contribution in [0.2, 0.25) is 0 Å². The predicted octanol–water partition coefficient (Wildman–Crippen LogP) is 6.30. The fourth-order valence-corrected chi connectivity index (χ4v) is 5.57. The van der Waals surface area contributed by atoms with Crippen molar-refractivity contribution in [3.63, 3.8) is 0 Å². The van der Waals surface area contributed by atoms with E-state index >= 15 is 0 Å². The van der Waals surface area contributed by atoms with Gasteiger partial charge in [-0.2, -0.15) is 0 Å². The summed E-state index contributed by atoms with van der Waals surface area (Å²) < 4.78 is 5.30. The number of hydrogen-bond donors (Lipinski definition) is 2. The number of para-hydroxylation sites is 2. The molecule has 2 aliphatic rings. The number of anilines is 2. The SMILES string of the molecule is CCc1ccc([C@H]2Nc3ccccc3NC3=C2C(=O)C[C@@H](c2ccc(OC)cc2)C3)s1. The lowest BCUT2D eigenvalue weighted by Gasteiger charge is -2.29. The van der Waals surface area contributed by atoms with Crippen molar-refractivity contribution in [3.05, 3.63) is 87.3 Å². The van der Waals surface area contributed by atoms with Crippen LogP contribution in [0.4, 0.5) is 11.4 Å². The fourth-order valence-electron chi connectivity index (χ4n) is 4.56. The van der Waals surface area contributed by atoms with Crippen molar-refractivity contribution in [2.24, 2.45) is 0 Å². The first-order valence-corrected chi connectivity index (χ1v) is 11.6. The van der Waals surface area contributed by atoms with Crippen LogP contribution < -0.4 is 15.4 Å². The zero-order valence-electron chi connectivity index (χ0n) is 17.8. The Hall–Kier alpha value is -3.05. The van der Waals surface area contributed by atoms with Crippen molar-refractivity contribution in [1.29, 1.82) is 0 Å². The highest BCUT2D eigenvalue weighted by Crippen LogP contribution is 2.45. The third-order valence-electron chi connectivity index (χ3n) is 6.21. The van der Waals surface area contributed by atoms with Gasteiger partial charge in [-0.3, -0.25) is 4.79 Å². The van der Waals surface area contributed by atoms with Gasteiger partial charge in [0, 0.05) is 27.4 Å². The summed E-state index contributed by atoms with van der Waals surface area (Å²) in [6.07, 6.45) is 2.34. The summed E-state index contributed by atoms with van der Waals surface area (Å²) in [7, 11) is 1.67. The maximum atomic E-state index is 13.5. The van der Waals surface area contributed by atoms with Gasteiger partial charge in [0.15, 0.2) is 5.78 Å². The Bertz CT molecular complexity index is 1150. The van der Waals surface area contributed by atoms with Crippen molar-refractivity contribution in [2.45, 2.75) is 38.1 Å². The van der Waals surface area contributed by atoms with Crippen molar-refractivity contribution < 1.29 is 9.53 Å². The maximum absolute atomic E-state index is 13.5. The van der Waals surface area contributed by atoms with E-state index in [0.717, 1.165) is 41.2 Å². The van der Waals surface area contributed by atoms with Crippen molar-refractivity contribution in [1.82, 2.24) is 0 Å². The molecule has 4 nitrogen and oxygen atoms in total. The average molecular weight is 431 g/mol. The number of allylic oxidation sites excluding steroid dienone is 1. The average Bonchev–Trinajstić information content (AvgIpc) is 3.21. The quantitative estimate of drug-likeness (QED) is 0.510. The molecule has 2 aromatic carbocycles. The van der Waals surface area contributed by atoms with Crippen molar-refractivity contribution in [3.8, 4) is 5.75 Å². The lowest BCUT2D eigenvalue weighted by Crippen LogP contribution is -2.26. The molecule has 158 valence electrons. The van der Waals surface area contributed by atoms with Crippen LogP contribution in [0.25, 0.3) is 0 Å². The zero-order chi connectivity index (χ0) is 21.4. The molecule has 5 heteroatoms. The molecule has 0 spiro atoms. The van der Waals surface area contributed by atoms with Gasteiger partial charge in [0.1, 0.15) is 5.75 Å². The Morgan fingerprint density at radius 3 is 2.48 bits per heavy atom. The highest BCUT2D eigenvalue weighted by atomic mass is 32.1. The Morgan fingerprint density at radius 1 is 1.00 bits per heavy atom. The molecule has 2 heterocycles. The molecule has 5 rings (SSSR count). The number of carbonyl (C=O) groups is 1. The van der Waals surface area contributed by atoms with Gasteiger partial charge >= 0.3 is 0 Å². The second kappa shape index (κ2) is 8.23. The summed E-state index contributed by atoms with van der Waals surface area (Å²) in [5.74, 6) is 1.21. The van der Waals surface area contributed by atoms with Gasteiger partial charge in [-0.05, 0) is 60.7 Å². The maximum Gasteiger partial charge on any atom is 0.163 e. The highest BCUT2D eigenvalue weighted by Gasteiger charge is 2.36. The van der Waals surface area contributed by atoms with Gasteiger partial charge in [0.2, 0.25) is 0 Å². The van der Waals surface area contributed by atoms with Crippen LogP contribution in [0.15, 0.2) is 71.9 Å². The number of hydrogen-bond acceptors (Lipinski definition) is 5. The lowest BCUT2D eigenvalue weighted by molar-refractivity contribution is -0.116. The predicted molar refractivity (Wildman–Crippen MR) is 127 cm³/mol. The van der Waals surface area contributed by atoms with E-state index in [-0.39, 0.29) is 17.7 Å². The Kier molecular flexibility index (Phi) is 5.28. The van der Waals surface area contributed by atoms with E-state index in [2.05, 4.69) is 54.0 Å². The number of fused-ring (bicyclic) bond motifs is 1. The Balaban J connectivity index is 1.56. The second-order valence-corrected chi connectivity index (χ2v) is 9.30. The third kappa shape index (κ3) is 3.74. The van der Waals surface area contributed by atoms with Crippen molar-refractivity contribution in [2.75, 3.05) is 17.7 Å². The van der Waals surface area contributed by atoms with Gasteiger partial charge in [0.25, 0.3) is 0 Å². The number of thiophene rings is 1. The molecular weight excluding hydrogens is 404 g/mol. The van der Waals surface area contributed by atoms with Crippen LogP contribution in [-0.2, 0) is 11.2 Å². The number of ketones is 1. The molecule has 0 saturated carbocycles. The van der Waals surface area contributed by atoms with E-state index < -0.39 is 0 Å². The Morgan fingerprint density at radius 2 is 1.77 bits per heavy atom. The standard InChI is InChI=1S/C26H26N2O2S/c1-3-19-12-13-24(31-19)26-25-22(27-20-6-4-5-7-21(20)28-26)14-17(15-23(25)29)16-8-10-18(30-2)11-9-16/h4-13,17,26-28H,3,14-15H2,1-2H3/t17-,26+/m0/s1. The normalized spacial score (nSPS) is 20.3. The largest absolute Gasteiger partial charge is 0.497 e. The highest BCUT2D eigenvalue weighted by molar-refractivity contribution is 7.12. The van der Waals surface area contributed by atoms with Gasteiger partial charge in [-0.25, -0.2) is 0 Å². The molecule has 0 saturated heterocycles. The number of ether oxygens (including phenoxy) is 1. The molecule has 2 atom stereocenters. The molecule has 1 aromatic heterocycles. The first kappa shape index (κ1) is 19.9. The molecule has 1 aliphatic heterocycles. The van der Waals surface area contributed by atoms with Crippen LogP contribution in [0.1, 0.15) is 47.0 Å². The number of rotatable bonds is 4. The summed E-state index contributed by atoms with van der Waals surface area (Å²) in [6.45, 7) is 2.17. The van der Waals surface area contributed by atoms with Gasteiger partial charge in [-0.15, -0.1) is 11.3 Å². The number of Topliss-reactive ketones (excluding diaryl/α,β-unsaturated/α-hetero) is 1. The van der Waals surface area contributed by atoms with E-state index in [1.54, 1.807) is 18.4 Å². The minimum absolute atomic E-state index is 0.124. The molecule has 1 aliphatic carbocycles. The van der Waals surface area contributed by atoms with E-state index in [4.69, 9.17) is 4.74 Å². The molecule has 0 radical (unpaired) electrons. The molecule has 0 fully saturated rings. The zero-order valence-corrected chi connectivity index (χ0v) is 18.6. The first-order chi connectivity index (χ1) is 15.2. The lowest BCUT2D eigenvalue weighted by atomic mass is 9.79. The number of benzene rings is 2. The topological polar surface area (TPSA) is 50.4 Å². The molecular formula is C26H26N2O2S. The molecule has 2 N–H and O–H groups in total. The summed E-state index contributed by atoms with van der Waals surface area (Å²) in [5, 5.41) is 7.28. The van der Waals surface area contributed by atoms with Crippen LogP contribution in [0, 0.1) is 0 Å². The smallest absolute Gasteiger partial charge is 0.163 e. The van der Waals surface area contributed by atoms with Gasteiger partial charge < -0.3 is 15.4 Å². The van der Waals surface area contributed by atoms with E-state index in [1.807, 2.05) is 24.3 Å². The molecule has 3 aromatic rings.